The van der Waals surface area contributed by atoms with Crippen LogP contribution in [0.1, 0.15) is 13.3 Å². The summed E-state index contributed by atoms with van der Waals surface area (Å²) >= 11 is 0. The zero-order chi connectivity index (χ0) is 12.8. The molecule has 0 radical (unpaired) electrons. The molecule has 7 nitrogen and oxygen atoms in total. The molecule has 1 aliphatic heterocycles. The largest absolute Gasteiger partial charge is 0.476 e. The molecule has 1 saturated heterocycles. The van der Waals surface area contributed by atoms with Gasteiger partial charge in [0, 0.05) is 13.1 Å². The fraction of sp³-hybridized carbons (Fsp3) is 0.636. The van der Waals surface area contributed by atoms with Crippen LogP contribution in [-0.4, -0.2) is 47.9 Å². The lowest BCUT2D eigenvalue weighted by atomic mass is 10.4. The number of nitrogen functional groups attached to an aromatic ring is 1. The van der Waals surface area contributed by atoms with Gasteiger partial charge in [0.15, 0.2) is 5.82 Å². The van der Waals surface area contributed by atoms with E-state index in [1.165, 1.54) is 6.33 Å². The molecule has 0 spiro atoms. The van der Waals surface area contributed by atoms with Crippen LogP contribution < -0.4 is 15.9 Å². The summed E-state index contributed by atoms with van der Waals surface area (Å²) in [5, 5.41) is 2.02. The topological polar surface area (TPSA) is 85.5 Å². The summed E-state index contributed by atoms with van der Waals surface area (Å²) < 4.78 is 10.7. The Morgan fingerprint density at radius 3 is 2.94 bits per heavy atom. The summed E-state index contributed by atoms with van der Waals surface area (Å²) in [5.74, 6) is 1.01. The first-order chi connectivity index (χ1) is 8.81. The van der Waals surface area contributed by atoms with Crippen LogP contribution in [0.5, 0.6) is 5.88 Å². The second-order valence-corrected chi connectivity index (χ2v) is 4.00. The molecular formula is C11H19N5O2. The Bertz CT molecular complexity index is 382. The third-order valence-corrected chi connectivity index (χ3v) is 2.57. The number of nitrogens with two attached hydrogens (primary N) is 1. The first-order valence-corrected chi connectivity index (χ1v) is 6.14. The first kappa shape index (κ1) is 12.8. The standard InChI is InChI=1S/C11H19N5O2/c1-2-5-18-11-9(12)10(13-8-14-11)15-16-3-6-17-7-4-16/h8H,2-7,12H2,1H3,(H,13,14,15). The van der Waals surface area contributed by atoms with Crippen molar-refractivity contribution in [1.29, 1.82) is 0 Å². The predicted molar refractivity (Wildman–Crippen MR) is 68.2 cm³/mol. The number of hydrogen-bond donors (Lipinski definition) is 2. The molecule has 0 aliphatic carbocycles. The lowest BCUT2D eigenvalue weighted by Crippen LogP contribution is -2.40. The van der Waals surface area contributed by atoms with E-state index in [1.54, 1.807) is 0 Å². The van der Waals surface area contributed by atoms with Gasteiger partial charge in [-0.1, -0.05) is 6.92 Å². The van der Waals surface area contributed by atoms with Gasteiger partial charge in [-0.25, -0.2) is 9.99 Å². The lowest BCUT2D eigenvalue weighted by Gasteiger charge is -2.27. The molecule has 18 heavy (non-hydrogen) atoms. The summed E-state index contributed by atoms with van der Waals surface area (Å²) in [5.41, 5.74) is 9.58. The fourth-order valence-corrected chi connectivity index (χ4v) is 1.61. The summed E-state index contributed by atoms with van der Waals surface area (Å²) in [7, 11) is 0. The number of hydrazine groups is 1. The number of nitrogens with zero attached hydrogens (tertiary/aromatic N) is 3. The van der Waals surface area contributed by atoms with Crippen LogP contribution in [-0.2, 0) is 4.74 Å². The molecule has 0 atom stereocenters. The Morgan fingerprint density at radius 2 is 2.22 bits per heavy atom. The maximum Gasteiger partial charge on any atom is 0.242 e. The monoisotopic (exact) mass is 253 g/mol. The van der Waals surface area contributed by atoms with Crippen molar-refractivity contribution in [3.63, 3.8) is 0 Å². The van der Waals surface area contributed by atoms with Gasteiger partial charge in [-0.15, -0.1) is 0 Å². The van der Waals surface area contributed by atoms with Gasteiger partial charge < -0.3 is 20.6 Å². The number of nitrogens with one attached hydrogen (secondary N) is 1. The number of rotatable bonds is 5. The van der Waals surface area contributed by atoms with E-state index in [0.29, 0.717) is 37.2 Å². The van der Waals surface area contributed by atoms with Crippen molar-refractivity contribution in [2.24, 2.45) is 0 Å². The number of hydrogen-bond acceptors (Lipinski definition) is 7. The van der Waals surface area contributed by atoms with Crippen molar-refractivity contribution in [3.8, 4) is 5.88 Å². The minimum atomic E-state index is 0.433. The number of anilines is 2. The Hall–Kier alpha value is -1.60. The van der Waals surface area contributed by atoms with Crippen molar-refractivity contribution < 1.29 is 9.47 Å². The second-order valence-electron chi connectivity index (χ2n) is 4.00. The Kier molecular flexibility index (Phi) is 4.54. The molecule has 1 fully saturated rings. The third-order valence-electron chi connectivity index (χ3n) is 2.57. The van der Waals surface area contributed by atoms with Gasteiger partial charge >= 0.3 is 0 Å². The minimum Gasteiger partial charge on any atom is -0.476 e. The molecule has 3 N–H and O–H groups in total. The highest BCUT2D eigenvalue weighted by Crippen LogP contribution is 2.25. The van der Waals surface area contributed by atoms with E-state index < -0.39 is 0 Å². The van der Waals surface area contributed by atoms with E-state index in [-0.39, 0.29) is 0 Å². The molecule has 0 saturated carbocycles. The smallest absolute Gasteiger partial charge is 0.242 e. The maximum atomic E-state index is 5.97. The van der Waals surface area contributed by atoms with Crippen LogP contribution in [0.25, 0.3) is 0 Å². The molecule has 2 rings (SSSR count). The predicted octanol–water partition coefficient (Wildman–Crippen LogP) is 0.507. The molecule has 1 aliphatic rings. The Labute approximate surface area is 106 Å². The third kappa shape index (κ3) is 3.21. The quantitative estimate of drug-likeness (QED) is 0.790. The van der Waals surface area contributed by atoms with Crippen molar-refractivity contribution in [2.45, 2.75) is 13.3 Å². The molecule has 0 amide bonds. The van der Waals surface area contributed by atoms with Crippen LogP contribution in [0.3, 0.4) is 0 Å². The van der Waals surface area contributed by atoms with Gasteiger partial charge in [-0.2, -0.15) is 4.98 Å². The summed E-state index contributed by atoms with van der Waals surface area (Å²) in [6.07, 6.45) is 2.36. The minimum absolute atomic E-state index is 0.433. The molecular weight excluding hydrogens is 234 g/mol. The van der Waals surface area contributed by atoms with E-state index in [2.05, 4.69) is 15.4 Å². The van der Waals surface area contributed by atoms with Gasteiger partial charge in [0.25, 0.3) is 0 Å². The average Bonchev–Trinajstić information content (AvgIpc) is 2.41. The molecule has 2 heterocycles. The van der Waals surface area contributed by atoms with Crippen molar-refractivity contribution >= 4 is 11.5 Å². The van der Waals surface area contributed by atoms with E-state index in [9.17, 15) is 0 Å². The van der Waals surface area contributed by atoms with Crippen LogP contribution in [0.2, 0.25) is 0 Å². The molecule has 0 bridgehead atoms. The summed E-state index contributed by atoms with van der Waals surface area (Å²) in [6, 6.07) is 0. The fourth-order valence-electron chi connectivity index (χ4n) is 1.61. The highest BCUT2D eigenvalue weighted by atomic mass is 16.5. The zero-order valence-corrected chi connectivity index (χ0v) is 10.6. The van der Waals surface area contributed by atoms with Crippen LogP contribution in [0.15, 0.2) is 6.33 Å². The Morgan fingerprint density at radius 1 is 1.44 bits per heavy atom. The molecule has 7 heteroatoms. The van der Waals surface area contributed by atoms with Crippen molar-refractivity contribution in [2.75, 3.05) is 44.1 Å². The van der Waals surface area contributed by atoms with Crippen LogP contribution in [0.4, 0.5) is 11.5 Å². The SMILES string of the molecule is CCCOc1ncnc(NN2CCOCC2)c1N. The summed E-state index contributed by atoms with van der Waals surface area (Å²) in [6.45, 7) is 5.64. The molecule has 100 valence electrons. The van der Waals surface area contributed by atoms with Crippen molar-refractivity contribution in [3.05, 3.63) is 6.33 Å². The van der Waals surface area contributed by atoms with Gasteiger partial charge in [-0.05, 0) is 6.42 Å². The molecule has 1 aromatic heterocycles. The normalized spacial score (nSPS) is 16.5. The first-order valence-electron chi connectivity index (χ1n) is 6.14. The highest BCUT2D eigenvalue weighted by molar-refractivity contribution is 5.65. The van der Waals surface area contributed by atoms with Crippen LogP contribution >= 0.6 is 0 Å². The van der Waals surface area contributed by atoms with Gasteiger partial charge in [0.2, 0.25) is 5.88 Å². The maximum absolute atomic E-state index is 5.97. The van der Waals surface area contributed by atoms with Gasteiger partial charge in [0.1, 0.15) is 12.0 Å². The molecule has 0 unspecified atom stereocenters. The van der Waals surface area contributed by atoms with Crippen LogP contribution in [0, 0.1) is 0 Å². The number of aromatic nitrogens is 2. The van der Waals surface area contributed by atoms with Gasteiger partial charge in [-0.3, -0.25) is 0 Å². The van der Waals surface area contributed by atoms with E-state index in [0.717, 1.165) is 19.5 Å². The van der Waals surface area contributed by atoms with E-state index in [1.807, 2.05) is 11.9 Å². The van der Waals surface area contributed by atoms with E-state index in [4.69, 9.17) is 15.2 Å². The zero-order valence-electron chi connectivity index (χ0n) is 10.6. The molecule has 1 aromatic rings. The second kappa shape index (κ2) is 6.36. The summed E-state index contributed by atoms with van der Waals surface area (Å²) in [4.78, 5) is 8.16. The highest BCUT2D eigenvalue weighted by Gasteiger charge is 2.14. The Balaban J connectivity index is 2.02. The van der Waals surface area contributed by atoms with E-state index >= 15 is 0 Å². The lowest BCUT2D eigenvalue weighted by molar-refractivity contribution is 0.0495. The number of morpholine rings is 1. The number of ether oxygens (including phenoxy) is 2. The molecule has 0 aromatic carbocycles. The average molecular weight is 253 g/mol. The van der Waals surface area contributed by atoms with Gasteiger partial charge in [0.05, 0.1) is 19.8 Å². The van der Waals surface area contributed by atoms with Crippen molar-refractivity contribution in [1.82, 2.24) is 15.0 Å².